The molecule has 4 atom stereocenters. The third-order valence-electron chi connectivity index (χ3n) is 5.92. The van der Waals surface area contributed by atoms with Crippen LogP contribution in [0.4, 0.5) is 11.8 Å². The van der Waals surface area contributed by atoms with Crippen molar-refractivity contribution in [3.05, 3.63) is 41.8 Å². The molecule has 0 bridgehead atoms. The highest BCUT2D eigenvalue weighted by Gasteiger charge is 2.41. The van der Waals surface area contributed by atoms with Crippen LogP contribution in [0.25, 0.3) is 31.4 Å². The predicted octanol–water partition coefficient (Wildman–Crippen LogP) is 3.06. The van der Waals surface area contributed by atoms with Gasteiger partial charge in [0, 0.05) is 26.6 Å². The molecule has 4 N–H and O–H groups in total. The Morgan fingerprint density at radius 1 is 1.06 bits per heavy atom. The number of nitrogens with one attached hydrogen (secondary N) is 1. The van der Waals surface area contributed by atoms with E-state index < -0.39 is 24.2 Å². The van der Waals surface area contributed by atoms with Crippen LogP contribution in [0, 0.1) is 5.92 Å². The standard InChI is InChI=1S/C23H25N5O3S2/c1-28(2)23-26-18(16-8-5-9-32-16)17(22-25-13-6-3-4-7-15(13)33-22)21(27-23)24-14-10-12(11-29)19(30)20(14)31/h3-9,12,14,19-20,29-31H,10-11H2,1-2H3,(H,24,26,27)/t12-,14-,19-,20+/m1/s1. The number of aliphatic hydroxyl groups is 3. The fourth-order valence-corrected chi connectivity index (χ4v) is 5.88. The Morgan fingerprint density at radius 2 is 1.88 bits per heavy atom. The van der Waals surface area contributed by atoms with Crippen molar-refractivity contribution in [1.82, 2.24) is 15.0 Å². The minimum Gasteiger partial charge on any atom is -0.396 e. The monoisotopic (exact) mass is 483 g/mol. The zero-order valence-electron chi connectivity index (χ0n) is 18.2. The Morgan fingerprint density at radius 3 is 2.55 bits per heavy atom. The molecule has 0 saturated heterocycles. The maximum atomic E-state index is 10.6. The summed E-state index contributed by atoms with van der Waals surface area (Å²) in [7, 11) is 3.76. The average molecular weight is 484 g/mol. The van der Waals surface area contributed by atoms with Gasteiger partial charge in [-0.05, 0) is 30.0 Å². The van der Waals surface area contributed by atoms with Gasteiger partial charge in [0.25, 0.3) is 0 Å². The molecule has 3 heterocycles. The van der Waals surface area contributed by atoms with Crippen molar-refractivity contribution in [3.63, 3.8) is 0 Å². The smallest absolute Gasteiger partial charge is 0.227 e. The number of nitrogens with zero attached hydrogens (tertiary/aromatic N) is 4. The molecule has 0 unspecified atom stereocenters. The molecule has 8 nitrogen and oxygen atoms in total. The van der Waals surface area contributed by atoms with Gasteiger partial charge in [-0.25, -0.2) is 9.97 Å². The van der Waals surface area contributed by atoms with Gasteiger partial charge < -0.3 is 25.5 Å². The topological polar surface area (TPSA) is 115 Å². The molecule has 4 aromatic rings. The fourth-order valence-electron chi connectivity index (χ4n) is 4.15. The molecule has 0 aliphatic heterocycles. The number of anilines is 2. The van der Waals surface area contributed by atoms with Gasteiger partial charge in [0.05, 0.1) is 38.5 Å². The van der Waals surface area contributed by atoms with Crippen molar-refractivity contribution >= 4 is 44.7 Å². The van der Waals surface area contributed by atoms with Crippen LogP contribution in [0.1, 0.15) is 6.42 Å². The summed E-state index contributed by atoms with van der Waals surface area (Å²) in [6.45, 7) is -0.186. The number of thiophene rings is 1. The quantitative estimate of drug-likeness (QED) is 0.331. The van der Waals surface area contributed by atoms with Crippen LogP contribution in [0.15, 0.2) is 41.8 Å². The normalized spacial score (nSPS) is 22.7. The highest BCUT2D eigenvalue weighted by molar-refractivity contribution is 7.21. The van der Waals surface area contributed by atoms with Crippen LogP contribution in [0.5, 0.6) is 0 Å². The lowest BCUT2D eigenvalue weighted by Gasteiger charge is -2.22. The molecule has 1 fully saturated rings. The molecular formula is C23H25N5O3S2. The Hall–Kier alpha value is -2.63. The lowest BCUT2D eigenvalue weighted by molar-refractivity contribution is 0.00446. The van der Waals surface area contributed by atoms with Gasteiger partial charge in [-0.2, -0.15) is 4.98 Å². The number of para-hydroxylation sites is 1. The number of thiazole rings is 1. The van der Waals surface area contributed by atoms with E-state index in [0.29, 0.717) is 18.2 Å². The van der Waals surface area contributed by atoms with Crippen molar-refractivity contribution in [2.45, 2.75) is 24.7 Å². The SMILES string of the molecule is CN(C)c1nc(N[C@@H]2C[C@H](CO)[C@@H](O)[C@H]2O)c(-c2nc3ccccc3s2)c(-c2cccs2)n1. The van der Waals surface area contributed by atoms with Crippen molar-refractivity contribution in [2.24, 2.45) is 5.92 Å². The van der Waals surface area contributed by atoms with E-state index in [1.54, 1.807) is 22.7 Å². The van der Waals surface area contributed by atoms with E-state index in [1.165, 1.54) is 0 Å². The largest absolute Gasteiger partial charge is 0.396 e. The van der Waals surface area contributed by atoms with Crippen LogP contribution >= 0.6 is 22.7 Å². The molecule has 0 spiro atoms. The molecule has 172 valence electrons. The van der Waals surface area contributed by atoms with Crippen molar-refractivity contribution in [1.29, 1.82) is 0 Å². The van der Waals surface area contributed by atoms with Gasteiger partial charge in [-0.1, -0.05) is 18.2 Å². The summed E-state index contributed by atoms with van der Waals surface area (Å²) in [6, 6.07) is 11.5. The van der Waals surface area contributed by atoms with E-state index in [1.807, 2.05) is 60.8 Å². The summed E-state index contributed by atoms with van der Waals surface area (Å²) in [5.74, 6) is 0.679. The molecular weight excluding hydrogens is 458 g/mol. The predicted molar refractivity (Wildman–Crippen MR) is 133 cm³/mol. The minimum atomic E-state index is -1.02. The first kappa shape index (κ1) is 22.2. The minimum absolute atomic E-state index is 0.186. The molecule has 0 radical (unpaired) electrons. The Balaban J connectivity index is 1.69. The number of aliphatic hydroxyl groups excluding tert-OH is 3. The first-order valence-electron chi connectivity index (χ1n) is 10.7. The summed E-state index contributed by atoms with van der Waals surface area (Å²) in [4.78, 5) is 17.3. The number of fused-ring (bicyclic) bond motifs is 1. The second kappa shape index (κ2) is 8.96. The average Bonchev–Trinajstić information content (AvgIpc) is 3.54. The molecule has 1 aliphatic rings. The molecule has 33 heavy (non-hydrogen) atoms. The lowest BCUT2D eigenvalue weighted by atomic mass is 10.1. The Kier molecular flexibility index (Phi) is 6.02. The maximum absolute atomic E-state index is 10.6. The van der Waals surface area contributed by atoms with Crippen molar-refractivity contribution in [3.8, 4) is 21.1 Å². The third-order valence-corrected chi connectivity index (χ3v) is 7.85. The van der Waals surface area contributed by atoms with Crippen LogP contribution in [0.3, 0.4) is 0 Å². The zero-order valence-corrected chi connectivity index (χ0v) is 19.8. The maximum Gasteiger partial charge on any atom is 0.227 e. The first-order valence-corrected chi connectivity index (χ1v) is 12.4. The van der Waals surface area contributed by atoms with Crippen LogP contribution < -0.4 is 10.2 Å². The summed E-state index contributed by atoms with van der Waals surface area (Å²) in [6.07, 6.45) is -1.59. The van der Waals surface area contributed by atoms with E-state index in [4.69, 9.17) is 15.0 Å². The van der Waals surface area contributed by atoms with Gasteiger partial charge in [0.1, 0.15) is 16.9 Å². The van der Waals surface area contributed by atoms with Gasteiger partial charge in [0.15, 0.2) is 0 Å². The van der Waals surface area contributed by atoms with Crippen LogP contribution in [-0.2, 0) is 0 Å². The third kappa shape index (κ3) is 4.09. The summed E-state index contributed by atoms with van der Waals surface area (Å²) in [5, 5.41) is 36.7. The molecule has 3 aromatic heterocycles. The highest BCUT2D eigenvalue weighted by atomic mass is 32.1. The van der Waals surface area contributed by atoms with E-state index in [-0.39, 0.29) is 6.61 Å². The summed E-state index contributed by atoms with van der Waals surface area (Å²) < 4.78 is 1.06. The number of aromatic nitrogens is 3. The molecule has 5 rings (SSSR count). The van der Waals surface area contributed by atoms with Gasteiger partial charge in [-0.3, -0.25) is 0 Å². The van der Waals surface area contributed by atoms with Crippen LogP contribution in [0.2, 0.25) is 0 Å². The highest BCUT2D eigenvalue weighted by Crippen LogP contribution is 2.42. The Labute approximate surface area is 199 Å². The first-order chi connectivity index (χ1) is 16.0. The number of benzene rings is 1. The van der Waals surface area contributed by atoms with E-state index in [9.17, 15) is 15.3 Å². The Bertz CT molecular complexity index is 1230. The zero-order chi connectivity index (χ0) is 23.1. The molecule has 10 heteroatoms. The molecule has 1 aliphatic carbocycles. The van der Waals surface area contributed by atoms with E-state index in [0.717, 1.165) is 31.4 Å². The lowest BCUT2D eigenvalue weighted by Crippen LogP contribution is -2.36. The van der Waals surface area contributed by atoms with Gasteiger partial charge in [0.2, 0.25) is 5.95 Å². The number of hydrogen-bond acceptors (Lipinski definition) is 10. The molecule has 0 amide bonds. The van der Waals surface area contributed by atoms with E-state index in [2.05, 4.69) is 5.32 Å². The van der Waals surface area contributed by atoms with Gasteiger partial charge >= 0.3 is 0 Å². The van der Waals surface area contributed by atoms with Gasteiger partial charge in [-0.15, -0.1) is 22.7 Å². The number of rotatable bonds is 6. The summed E-state index contributed by atoms with van der Waals surface area (Å²) in [5.41, 5.74) is 2.42. The fraction of sp³-hybridized carbons (Fsp3) is 0.348. The second-order valence-corrected chi connectivity index (χ2v) is 10.3. The molecule has 1 aromatic carbocycles. The number of hydrogen-bond donors (Lipinski definition) is 4. The van der Waals surface area contributed by atoms with Crippen molar-refractivity contribution in [2.75, 3.05) is 30.9 Å². The molecule has 1 saturated carbocycles. The van der Waals surface area contributed by atoms with Crippen molar-refractivity contribution < 1.29 is 15.3 Å². The van der Waals surface area contributed by atoms with Crippen LogP contribution in [-0.4, -0.2) is 69.2 Å². The summed E-state index contributed by atoms with van der Waals surface area (Å²) >= 11 is 3.15. The van der Waals surface area contributed by atoms with E-state index >= 15 is 0 Å². The second-order valence-electron chi connectivity index (χ2n) is 8.36.